The summed E-state index contributed by atoms with van der Waals surface area (Å²) in [6, 6.07) is 6.65. The molecule has 29 heavy (non-hydrogen) atoms. The van der Waals surface area contributed by atoms with E-state index >= 15 is 0 Å². The highest BCUT2D eigenvalue weighted by Gasteiger charge is 2.26. The number of likely N-dealkylation sites (tertiary alicyclic amines) is 1. The molecule has 1 fully saturated rings. The Hall–Kier alpha value is -2.80. The Kier molecular flexibility index (Phi) is 6.59. The number of hydrogen-bond acceptors (Lipinski definition) is 5. The summed E-state index contributed by atoms with van der Waals surface area (Å²) in [7, 11) is 1.86. The van der Waals surface area contributed by atoms with E-state index < -0.39 is 0 Å². The molecule has 7 nitrogen and oxygen atoms in total. The lowest BCUT2D eigenvalue weighted by molar-refractivity contribution is -0.125. The molecule has 0 aliphatic carbocycles. The summed E-state index contributed by atoms with van der Waals surface area (Å²) >= 11 is 0. The Morgan fingerprint density at radius 2 is 2.07 bits per heavy atom. The molecule has 1 saturated heterocycles. The minimum absolute atomic E-state index is 0.0168. The number of carbonyl (C=O) groups is 1. The smallest absolute Gasteiger partial charge is 0.228 e. The molecule has 1 aromatic carbocycles. The minimum atomic E-state index is 0.0168. The third-order valence-corrected chi connectivity index (χ3v) is 5.63. The molecule has 0 atom stereocenters. The lowest BCUT2D eigenvalue weighted by Crippen LogP contribution is -2.42. The van der Waals surface area contributed by atoms with Crippen molar-refractivity contribution in [2.75, 3.05) is 13.1 Å². The van der Waals surface area contributed by atoms with E-state index in [1.54, 1.807) is 10.9 Å². The highest BCUT2D eigenvalue weighted by atomic mass is 16.2. The van der Waals surface area contributed by atoms with Gasteiger partial charge in [0.15, 0.2) is 0 Å². The van der Waals surface area contributed by atoms with Crippen LogP contribution in [-0.2, 0) is 11.8 Å². The van der Waals surface area contributed by atoms with Crippen molar-refractivity contribution in [2.45, 2.75) is 39.7 Å². The average Bonchev–Trinajstić information content (AvgIpc) is 3.14. The molecule has 1 amide bonds. The molecule has 1 aliphatic rings. The van der Waals surface area contributed by atoms with Gasteiger partial charge in [0.05, 0.1) is 11.9 Å². The van der Waals surface area contributed by atoms with Crippen LogP contribution < -0.4 is 5.32 Å². The number of carbonyl (C=O) groups excluding carboxylic acids is 1. The Morgan fingerprint density at radius 3 is 2.66 bits per heavy atom. The molecule has 0 bridgehead atoms. The van der Waals surface area contributed by atoms with Crippen LogP contribution in [0.2, 0.25) is 0 Å². The molecule has 0 unspecified atom stereocenters. The van der Waals surface area contributed by atoms with E-state index in [9.17, 15) is 4.79 Å². The Morgan fingerprint density at radius 1 is 1.34 bits per heavy atom. The van der Waals surface area contributed by atoms with Gasteiger partial charge in [-0.05, 0) is 76.7 Å². The van der Waals surface area contributed by atoms with Crippen molar-refractivity contribution in [1.82, 2.24) is 25.2 Å². The van der Waals surface area contributed by atoms with Crippen LogP contribution in [0.5, 0.6) is 0 Å². The molecular formula is C22H30N6O. The van der Waals surface area contributed by atoms with Crippen molar-refractivity contribution in [3.63, 3.8) is 0 Å². The van der Waals surface area contributed by atoms with Crippen molar-refractivity contribution >= 4 is 18.7 Å². The van der Waals surface area contributed by atoms with Crippen LogP contribution in [0.25, 0.3) is 17.3 Å². The summed E-state index contributed by atoms with van der Waals surface area (Å²) in [6.45, 7) is 12.0. The van der Waals surface area contributed by atoms with Gasteiger partial charge in [0, 0.05) is 24.6 Å². The number of benzene rings is 1. The summed E-state index contributed by atoms with van der Waals surface area (Å²) in [6.07, 6.45) is 5.35. The number of nitrogens with zero attached hydrogens (tertiary/aromatic N) is 5. The van der Waals surface area contributed by atoms with Crippen LogP contribution in [0.1, 0.15) is 37.8 Å². The van der Waals surface area contributed by atoms with Crippen LogP contribution in [0, 0.1) is 12.8 Å². The van der Waals surface area contributed by atoms with Gasteiger partial charge in [0.1, 0.15) is 5.82 Å². The van der Waals surface area contributed by atoms with Gasteiger partial charge in [-0.2, -0.15) is 0 Å². The van der Waals surface area contributed by atoms with E-state index in [0.717, 1.165) is 48.3 Å². The number of aromatic nitrogens is 3. The topological polar surface area (TPSA) is 75.4 Å². The Bertz CT molecular complexity index is 906. The molecule has 3 rings (SSSR count). The van der Waals surface area contributed by atoms with E-state index in [4.69, 9.17) is 0 Å². The average molecular weight is 395 g/mol. The molecule has 2 heterocycles. The molecule has 2 aromatic rings. The molecular weight excluding hydrogens is 364 g/mol. The maximum atomic E-state index is 12.7. The second-order valence-electron chi connectivity index (χ2n) is 7.90. The monoisotopic (exact) mass is 394 g/mol. The van der Waals surface area contributed by atoms with Crippen molar-refractivity contribution in [3.8, 4) is 11.3 Å². The van der Waals surface area contributed by atoms with Crippen molar-refractivity contribution in [2.24, 2.45) is 18.0 Å². The summed E-state index contributed by atoms with van der Waals surface area (Å²) < 4.78 is 1.73. The minimum Gasteiger partial charge on any atom is -0.310 e. The van der Waals surface area contributed by atoms with E-state index in [-0.39, 0.29) is 11.8 Å². The van der Waals surface area contributed by atoms with Gasteiger partial charge >= 0.3 is 0 Å². The first-order chi connectivity index (χ1) is 13.9. The fourth-order valence-corrected chi connectivity index (χ4v) is 3.68. The quantitative estimate of drug-likeness (QED) is 0.764. The first-order valence-corrected chi connectivity index (χ1v) is 10.1. The van der Waals surface area contributed by atoms with Crippen LogP contribution in [0.3, 0.4) is 0 Å². The zero-order chi connectivity index (χ0) is 21.0. The van der Waals surface area contributed by atoms with Crippen molar-refractivity contribution in [1.29, 1.82) is 0 Å². The molecule has 1 aromatic heterocycles. The van der Waals surface area contributed by atoms with E-state index in [1.807, 2.05) is 38.2 Å². The fourth-order valence-electron chi connectivity index (χ4n) is 3.68. The second kappa shape index (κ2) is 9.13. The van der Waals surface area contributed by atoms with Crippen molar-refractivity contribution in [3.05, 3.63) is 41.3 Å². The number of amides is 1. The zero-order valence-electron chi connectivity index (χ0n) is 17.7. The zero-order valence-corrected chi connectivity index (χ0v) is 17.7. The van der Waals surface area contributed by atoms with Gasteiger partial charge in [-0.3, -0.25) is 4.79 Å². The third-order valence-electron chi connectivity index (χ3n) is 5.63. The maximum Gasteiger partial charge on any atom is 0.228 e. The van der Waals surface area contributed by atoms with Crippen LogP contribution in [0.4, 0.5) is 0 Å². The lowest BCUT2D eigenvalue weighted by atomic mass is 9.95. The summed E-state index contributed by atoms with van der Waals surface area (Å²) in [5.74, 6) is 0.518. The predicted octanol–water partition coefficient (Wildman–Crippen LogP) is 3.03. The van der Waals surface area contributed by atoms with Gasteiger partial charge in [0.25, 0.3) is 0 Å². The van der Waals surface area contributed by atoms with Crippen molar-refractivity contribution < 1.29 is 4.79 Å². The number of rotatable bonds is 6. The van der Waals surface area contributed by atoms with Gasteiger partial charge in [-0.25, -0.2) is 9.67 Å². The van der Waals surface area contributed by atoms with Gasteiger partial charge in [-0.1, -0.05) is 17.3 Å². The standard InChI is InChI=1S/C22H30N6O/c1-15(2)28-10-8-17(9-11-28)22(29)25-21(23-4)13-19-12-18(7-6-16(19)3)20-14-24-26-27(20)5/h6-7,12-15,17H,4,8-11H2,1-3,5H3,(H,25,29)/b21-13+. The Labute approximate surface area is 172 Å². The molecule has 1 aliphatic heterocycles. The predicted molar refractivity (Wildman–Crippen MR) is 116 cm³/mol. The third kappa shape index (κ3) is 4.98. The number of hydrogen-bond donors (Lipinski definition) is 1. The van der Waals surface area contributed by atoms with E-state index in [2.05, 4.69) is 46.1 Å². The summed E-state index contributed by atoms with van der Waals surface area (Å²) in [5, 5.41) is 10.9. The SMILES string of the molecule is C=N/C(=C\c1cc(-c2cnnn2C)ccc1C)NC(=O)C1CCN(C(C)C)CC1. The van der Waals surface area contributed by atoms with E-state index in [0.29, 0.717) is 11.9 Å². The maximum absolute atomic E-state index is 12.7. The summed E-state index contributed by atoms with van der Waals surface area (Å²) in [4.78, 5) is 19.2. The number of aliphatic imine (C=N–C) groups is 1. The van der Waals surface area contributed by atoms with Gasteiger partial charge < -0.3 is 10.2 Å². The molecule has 7 heteroatoms. The lowest BCUT2D eigenvalue weighted by Gasteiger charge is -2.33. The molecule has 154 valence electrons. The van der Waals surface area contributed by atoms with Crippen LogP contribution >= 0.6 is 0 Å². The van der Waals surface area contributed by atoms with Crippen LogP contribution in [0.15, 0.2) is 35.2 Å². The fraction of sp³-hybridized carbons (Fsp3) is 0.455. The van der Waals surface area contributed by atoms with E-state index in [1.165, 1.54) is 0 Å². The van der Waals surface area contributed by atoms with Gasteiger partial charge in [0.2, 0.25) is 5.91 Å². The first-order valence-electron chi connectivity index (χ1n) is 10.1. The first kappa shape index (κ1) is 20.9. The normalized spacial score (nSPS) is 16.2. The second-order valence-corrected chi connectivity index (χ2v) is 7.90. The molecule has 0 saturated carbocycles. The molecule has 0 radical (unpaired) electrons. The van der Waals surface area contributed by atoms with Gasteiger partial charge in [-0.15, -0.1) is 5.10 Å². The number of piperidine rings is 1. The highest BCUT2D eigenvalue weighted by molar-refractivity contribution is 5.82. The number of aryl methyl sites for hydroxylation is 2. The largest absolute Gasteiger partial charge is 0.310 e. The van der Waals surface area contributed by atoms with Crippen LogP contribution in [-0.4, -0.2) is 51.6 Å². The summed E-state index contributed by atoms with van der Waals surface area (Å²) in [5.41, 5.74) is 3.99. The molecule has 0 spiro atoms. The molecule has 1 N–H and O–H groups in total. The Balaban J connectivity index is 1.74. The number of nitrogens with one attached hydrogen (secondary N) is 1. The highest BCUT2D eigenvalue weighted by Crippen LogP contribution is 2.23.